The number of carbonyl (C=O) groups excluding carboxylic acids is 1. The molecular weight excluding hydrogens is 204 g/mol. The van der Waals surface area contributed by atoms with Crippen LogP contribution >= 0.6 is 0 Å². The quantitative estimate of drug-likeness (QED) is 0.672. The molecule has 2 N–H and O–H groups in total. The number of carbonyl (C=O) groups is 1. The van der Waals surface area contributed by atoms with Gasteiger partial charge in [-0.3, -0.25) is 4.79 Å². The molecule has 3 unspecified atom stereocenters. The molecule has 0 spiro atoms. The third kappa shape index (κ3) is 2.55. The molecule has 0 aromatic carbocycles. The minimum atomic E-state index is 0.0501. The Kier molecular flexibility index (Phi) is 4.18. The highest BCUT2D eigenvalue weighted by Crippen LogP contribution is 2.37. The molecule has 1 amide bonds. The molecule has 0 bridgehead atoms. The van der Waals surface area contributed by atoms with E-state index in [4.69, 9.17) is 4.74 Å². The van der Waals surface area contributed by atoms with Crippen molar-refractivity contribution in [3.8, 4) is 0 Å². The fourth-order valence-corrected chi connectivity index (χ4v) is 2.98. The van der Waals surface area contributed by atoms with Crippen molar-refractivity contribution in [3.63, 3.8) is 0 Å². The Labute approximate surface area is 97.1 Å². The van der Waals surface area contributed by atoms with Gasteiger partial charge in [0, 0.05) is 13.2 Å². The zero-order valence-electron chi connectivity index (χ0n) is 10.00. The van der Waals surface area contributed by atoms with E-state index in [1.807, 2.05) is 6.92 Å². The molecule has 0 aromatic rings. The lowest BCUT2D eigenvalue weighted by Crippen LogP contribution is -2.44. The van der Waals surface area contributed by atoms with Gasteiger partial charge in [0.2, 0.25) is 5.91 Å². The zero-order chi connectivity index (χ0) is 11.4. The lowest BCUT2D eigenvalue weighted by atomic mass is 9.94. The SMILES string of the molecule is CCOCCNC(=O)C1NCC2CCCC21. The van der Waals surface area contributed by atoms with Crippen LogP contribution in [0.4, 0.5) is 0 Å². The van der Waals surface area contributed by atoms with Crippen LogP contribution in [0, 0.1) is 11.8 Å². The summed E-state index contributed by atoms with van der Waals surface area (Å²) in [4.78, 5) is 11.9. The molecule has 4 nitrogen and oxygen atoms in total. The topological polar surface area (TPSA) is 50.4 Å². The predicted octanol–water partition coefficient (Wildman–Crippen LogP) is 0.527. The van der Waals surface area contributed by atoms with Crippen molar-refractivity contribution in [2.24, 2.45) is 11.8 Å². The van der Waals surface area contributed by atoms with Gasteiger partial charge >= 0.3 is 0 Å². The van der Waals surface area contributed by atoms with Gasteiger partial charge in [0.05, 0.1) is 12.6 Å². The van der Waals surface area contributed by atoms with Crippen LogP contribution in [-0.4, -0.2) is 38.3 Å². The Balaban J connectivity index is 1.72. The van der Waals surface area contributed by atoms with Crippen molar-refractivity contribution in [1.29, 1.82) is 0 Å². The van der Waals surface area contributed by atoms with Crippen LogP contribution in [0.25, 0.3) is 0 Å². The molecule has 2 fully saturated rings. The molecule has 1 heterocycles. The van der Waals surface area contributed by atoms with Gasteiger partial charge in [0.1, 0.15) is 0 Å². The molecule has 2 rings (SSSR count). The summed E-state index contributed by atoms with van der Waals surface area (Å²) < 4.78 is 5.20. The Bertz CT molecular complexity index is 245. The van der Waals surface area contributed by atoms with E-state index in [-0.39, 0.29) is 11.9 Å². The average molecular weight is 226 g/mol. The highest BCUT2D eigenvalue weighted by atomic mass is 16.5. The lowest BCUT2D eigenvalue weighted by Gasteiger charge is -2.17. The normalized spacial score (nSPS) is 32.7. The molecule has 3 atom stereocenters. The fraction of sp³-hybridized carbons (Fsp3) is 0.917. The van der Waals surface area contributed by atoms with Gasteiger partial charge in [-0.2, -0.15) is 0 Å². The van der Waals surface area contributed by atoms with E-state index >= 15 is 0 Å². The second kappa shape index (κ2) is 5.64. The van der Waals surface area contributed by atoms with E-state index in [0.717, 1.165) is 12.5 Å². The molecule has 16 heavy (non-hydrogen) atoms. The minimum Gasteiger partial charge on any atom is -0.380 e. The summed E-state index contributed by atoms with van der Waals surface area (Å²) in [6.07, 6.45) is 3.79. The summed E-state index contributed by atoms with van der Waals surface area (Å²) in [7, 11) is 0. The van der Waals surface area contributed by atoms with E-state index in [1.54, 1.807) is 0 Å². The van der Waals surface area contributed by atoms with Crippen molar-refractivity contribution < 1.29 is 9.53 Å². The molecule has 92 valence electrons. The summed E-state index contributed by atoms with van der Waals surface area (Å²) in [5.74, 6) is 1.48. The smallest absolute Gasteiger partial charge is 0.237 e. The van der Waals surface area contributed by atoms with Gasteiger partial charge in [-0.15, -0.1) is 0 Å². The average Bonchev–Trinajstić information content (AvgIpc) is 2.85. The molecule has 2 aliphatic rings. The summed E-state index contributed by atoms with van der Waals surface area (Å²) >= 11 is 0. The van der Waals surface area contributed by atoms with Gasteiger partial charge in [-0.05, 0) is 38.1 Å². The highest BCUT2D eigenvalue weighted by Gasteiger charge is 2.42. The van der Waals surface area contributed by atoms with Crippen LogP contribution in [0.3, 0.4) is 0 Å². The Morgan fingerprint density at radius 2 is 2.38 bits per heavy atom. The zero-order valence-corrected chi connectivity index (χ0v) is 10.00. The molecule has 1 saturated heterocycles. The maximum atomic E-state index is 11.9. The maximum absolute atomic E-state index is 11.9. The van der Waals surface area contributed by atoms with E-state index in [1.165, 1.54) is 19.3 Å². The van der Waals surface area contributed by atoms with Gasteiger partial charge in [-0.1, -0.05) is 6.42 Å². The molecule has 0 aromatic heterocycles. The van der Waals surface area contributed by atoms with Crippen LogP contribution in [0.15, 0.2) is 0 Å². The first kappa shape index (κ1) is 11.9. The minimum absolute atomic E-state index is 0.0501. The molecule has 1 aliphatic heterocycles. The Morgan fingerprint density at radius 3 is 3.19 bits per heavy atom. The number of hydrogen-bond acceptors (Lipinski definition) is 3. The third-order valence-corrected chi connectivity index (χ3v) is 3.78. The molecular formula is C12H22N2O2. The van der Waals surface area contributed by atoms with Crippen LogP contribution in [0.2, 0.25) is 0 Å². The Hall–Kier alpha value is -0.610. The predicted molar refractivity (Wildman–Crippen MR) is 62.1 cm³/mol. The Morgan fingerprint density at radius 1 is 1.50 bits per heavy atom. The monoisotopic (exact) mass is 226 g/mol. The maximum Gasteiger partial charge on any atom is 0.237 e. The number of rotatable bonds is 5. The van der Waals surface area contributed by atoms with Gasteiger partial charge in [-0.25, -0.2) is 0 Å². The summed E-state index contributed by atoms with van der Waals surface area (Å²) in [6.45, 7) is 4.94. The number of fused-ring (bicyclic) bond motifs is 1. The second-order valence-corrected chi connectivity index (χ2v) is 4.73. The lowest BCUT2D eigenvalue weighted by molar-refractivity contribution is -0.124. The van der Waals surface area contributed by atoms with Gasteiger partial charge in [0.15, 0.2) is 0 Å². The standard InChI is InChI=1S/C12H22N2O2/c1-2-16-7-6-13-12(15)11-10-5-3-4-9(10)8-14-11/h9-11,14H,2-8H2,1H3,(H,13,15). The number of ether oxygens (including phenoxy) is 1. The summed E-state index contributed by atoms with van der Waals surface area (Å²) in [5, 5.41) is 6.29. The van der Waals surface area contributed by atoms with E-state index < -0.39 is 0 Å². The second-order valence-electron chi connectivity index (χ2n) is 4.73. The van der Waals surface area contributed by atoms with Crippen LogP contribution in [-0.2, 0) is 9.53 Å². The van der Waals surface area contributed by atoms with E-state index in [0.29, 0.717) is 25.7 Å². The molecule has 0 radical (unpaired) electrons. The molecule has 1 saturated carbocycles. The summed E-state index contributed by atoms with van der Waals surface area (Å²) in [6, 6.07) is 0.0501. The van der Waals surface area contributed by atoms with Crippen molar-refractivity contribution in [3.05, 3.63) is 0 Å². The van der Waals surface area contributed by atoms with Crippen molar-refractivity contribution in [2.45, 2.75) is 32.2 Å². The highest BCUT2D eigenvalue weighted by molar-refractivity contribution is 5.82. The van der Waals surface area contributed by atoms with Crippen LogP contribution in [0.5, 0.6) is 0 Å². The number of nitrogens with one attached hydrogen (secondary N) is 2. The first-order valence-corrected chi connectivity index (χ1v) is 6.41. The fourth-order valence-electron chi connectivity index (χ4n) is 2.98. The van der Waals surface area contributed by atoms with Crippen molar-refractivity contribution in [1.82, 2.24) is 10.6 Å². The van der Waals surface area contributed by atoms with Crippen molar-refractivity contribution in [2.75, 3.05) is 26.3 Å². The number of amides is 1. The van der Waals surface area contributed by atoms with E-state index in [9.17, 15) is 4.79 Å². The van der Waals surface area contributed by atoms with Crippen LogP contribution in [0.1, 0.15) is 26.2 Å². The number of hydrogen-bond donors (Lipinski definition) is 2. The first-order valence-electron chi connectivity index (χ1n) is 6.41. The first-order chi connectivity index (χ1) is 7.83. The third-order valence-electron chi connectivity index (χ3n) is 3.78. The van der Waals surface area contributed by atoms with E-state index in [2.05, 4.69) is 10.6 Å². The van der Waals surface area contributed by atoms with Crippen LogP contribution < -0.4 is 10.6 Å². The van der Waals surface area contributed by atoms with Gasteiger partial charge < -0.3 is 15.4 Å². The van der Waals surface area contributed by atoms with Crippen molar-refractivity contribution >= 4 is 5.91 Å². The van der Waals surface area contributed by atoms with Gasteiger partial charge in [0.25, 0.3) is 0 Å². The largest absolute Gasteiger partial charge is 0.380 e. The molecule has 1 aliphatic carbocycles. The molecule has 4 heteroatoms. The summed E-state index contributed by atoms with van der Waals surface area (Å²) in [5.41, 5.74) is 0.